The highest BCUT2D eigenvalue weighted by molar-refractivity contribution is 7.89. The van der Waals surface area contributed by atoms with Gasteiger partial charge in [-0.15, -0.1) is 4.31 Å². The number of carbonyl (C=O) groups excluding carboxylic acids is 1. The van der Waals surface area contributed by atoms with E-state index in [0.29, 0.717) is 61.2 Å². The third-order valence-electron chi connectivity index (χ3n) is 8.48. The van der Waals surface area contributed by atoms with Gasteiger partial charge in [0.25, 0.3) is 0 Å². The van der Waals surface area contributed by atoms with Gasteiger partial charge in [-0.3, -0.25) is 4.79 Å². The number of pyridine rings is 1. The molecule has 0 bridgehead atoms. The van der Waals surface area contributed by atoms with Gasteiger partial charge in [0, 0.05) is 48.7 Å². The fourth-order valence-electron chi connectivity index (χ4n) is 5.89. The van der Waals surface area contributed by atoms with E-state index in [9.17, 15) is 13.7 Å². The lowest BCUT2D eigenvalue weighted by Gasteiger charge is -2.45. The topological polar surface area (TPSA) is 123 Å². The van der Waals surface area contributed by atoms with Crippen molar-refractivity contribution < 1.29 is 27.9 Å². The Hall–Kier alpha value is -3.29. The number of hydrogen-bond donors (Lipinski definition) is 2. The number of anilines is 2. The van der Waals surface area contributed by atoms with Crippen molar-refractivity contribution in [3.63, 3.8) is 0 Å². The zero-order valence-corrected chi connectivity index (χ0v) is 25.0. The highest BCUT2D eigenvalue weighted by Gasteiger charge is 2.53. The maximum absolute atomic E-state index is 14.0. The summed E-state index contributed by atoms with van der Waals surface area (Å²) in [6, 6.07) is 9.70. The summed E-state index contributed by atoms with van der Waals surface area (Å²) in [6.45, 7) is 6.74. The van der Waals surface area contributed by atoms with Crippen LogP contribution < -0.4 is 10.2 Å². The maximum Gasteiger partial charge on any atom is 0.318 e. The molecule has 1 unspecified atom stereocenters. The van der Waals surface area contributed by atoms with E-state index in [-0.39, 0.29) is 30.8 Å². The van der Waals surface area contributed by atoms with Crippen molar-refractivity contribution in [2.24, 2.45) is 10.8 Å². The molecule has 1 aliphatic carbocycles. The summed E-state index contributed by atoms with van der Waals surface area (Å²) in [5.74, 6) is 0.0811. The molecule has 4 aliphatic rings. The minimum Gasteiger partial charge on any atom is -0.593 e. The Morgan fingerprint density at radius 3 is 2.60 bits per heavy atom. The number of halogens is 1. The smallest absolute Gasteiger partial charge is 0.318 e. The van der Waals surface area contributed by atoms with Crippen molar-refractivity contribution in [3.05, 3.63) is 71.3 Å². The molecule has 4 heterocycles. The second-order valence-electron chi connectivity index (χ2n) is 11.8. The number of rotatable bonds is 9. The first-order valence-electron chi connectivity index (χ1n) is 14.5. The monoisotopic (exact) mass is 609 g/mol. The van der Waals surface area contributed by atoms with Crippen LogP contribution in [0.2, 0.25) is 0 Å². The Morgan fingerprint density at radius 1 is 1.19 bits per heavy atom. The van der Waals surface area contributed by atoms with Crippen LogP contribution in [0.15, 0.2) is 70.4 Å². The summed E-state index contributed by atoms with van der Waals surface area (Å²) in [5.41, 5.74) is 1.47. The van der Waals surface area contributed by atoms with Crippen LogP contribution in [0.5, 0.6) is 0 Å². The van der Waals surface area contributed by atoms with Crippen LogP contribution >= 0.6 is 0 Å². The van der Waals surface area contributed by atoms with E-state index in [4.69, 9.17) is 19.6 Å². The molecule has 2 atom stereocenters. The molecule has 3 saturated heterocycles. The fraction of sp³-hybridized carbons (Fsp3) is 0.452. The van der Waals surface area contributed by atoms with Gasteiger partial charge >= 0.3 is 5.97 Å². The molecule has 1 aromatic heterocycles. The van der Waals surface area contributed by atoms with Crippen molar-refractivity contribution in [2.75, 3.05) is 69.4 Å². The fourth-order valence-corrected chi connectivity index (χ4v) is 7.11. The minimum absolute atomic E-state index is 0.171. The van der Waals surface area contributed by atoms with Gasteiger partial charge in [-0.1, -0.05) is 6.92 Å². The van der Waals surface area contributed by atoms with Crippen LogP contribution in [0.1, 0.15) is 19.8 Å². The van der Waals surface area contributed by atoms with E-state index in [0.717, 1.165) is 24.5 Å². The molecule has 3 aliphatic heterocycles. The number of nitrogens with one attached hydrogen (secondary N) is 2. The molecule has 2 aromatic rings. The number of ether oxygens (including phenoxy) is 3. The van der Waals surface area contributed by atoms with E-state index < -0.39 is 22.7 Å². The molecule has 1 aromatic carbocycles. The van der Waals surface area contributed by atoms with E-state index >= 15 is 0 Å². The van der Waals surface area contributed by atoms with E-state index in [2.05, 4.69) is 15.2 Å². The molecule has 0 amide bonds. The average Bonchev–Trinajstić information content (AvgIpc) is 3.03. The number of carbonyl (C=O) groups is 1. The van der Waals surface area contributed by atoms with Crippen LogP contribution in [0.3, 0.4) is 0 Å². The van der Waals surface area contributed by atoms with Gasteiger partial charge in [0.15, 0.2) is 4.90 Å². The van der Waals surface area contributed by atoms with E-state index in [1.54, 1.807) is 22.6 Å². The molecular formula is C31H36FN5O5S. The van der Waals surface area contributed by atoms with E-state index in [1.165, 1.54) is 18.3 Å². The number of nitrogens with zero attached hydrogens (tertiary/aromatic N) is 3. The number of allylic oxidation sites excluding steroid dienone is 2. The normalized spacial score (nSPS) is 24.3. The van der Waals surface area contributed by atoms with Gasteiger partial charge in [0.2, 0.25) is 0 Å². The van der Waals surface area contributed by atoms with Gasteiger partial charge in [0.05, 0.1) is 50.5 Å². The first kappa shape index (κ1) is 29.8. The van der Waals surface area contributed by atoms with Crippen LogP contribution in [-0.2, 0) is 30.4 Å². The largest absolute Gasteiger partial charge is 0.593 e. The first-order valence-corrected chi connectivity index (χ1v) is 15.6. The molecule has 10 nitrogen and oxygen atoms in total. The average molecular weight is 610 g/mol. The van der Waals surface area contributed by atoms with Crippen LogP contribution in [0, 0.1) is 22.1 Å². The lowest BCUT2D eigenvalue weighted by Crippen LogP contribution is -2.54. The molecule has 0 spiro atoms. The minimum atomic E-state index is -1.56. The van der Waals surface area contributed by atoms with Gasteiger partial charge in [-0.25, -0.2) is 9.37 Å². The van der Waals surface area contributed by atoms with Crippen LogP contribution in [-0.4, -0.2) is 85.2 Å². The number of piperidine rings is 1. The Labute approximate surface area is 253 Å². The molecule has 2 N–H and O–H groups in total. The third kappa shape index (κ3) is 6.20. The Morgan fingerprint density at radius 2 is 1.95 bits per heavy atom. The quantitative estimate of drug-likeness (QED) is 0.249. The van der Waals surface area contributed by atoms with Gasteiger partial charge < -0.3 is 34.4 Å². The van der Waals surface area contributed by atoms with E-state index in [1.807, 2.05) is 25.1 Å². The molecule has 3 fully saturated rings. The van der Waals surface area contributed by atoms with Crippen molar-refractivity contribution in [1.82, 2.24) is 9.29 Å². The van der Waals surface area contributed by atoms with Crippen molar-refractivity contribution >= 4 is 35.1 Å². The molecule has 43 heavy (non-hydrogen) atoms. The second-order valence-corrected chi connectivity index (χ2v) is 13.3. The zero-order chi connectivity index (χ0) is 30.0. The number of morpholine rings is 1. The molecule has 6 rings (SSSR count). The lowest BCUT2D eigenvalue weighted by molar-refractivity contribution is -0.174. The Balaban J connectivity index is 1.25. The third-order valence-corrected chi connectivity index (χ3v) is 9.91. The molecule has 12 heteroatoms. The first-order chi connectivity index (χ1) is 20.8. The zero-order valence-electron chi connectivity index (χ0n) is 24.1. The van der Waals surface area contributed by atoms with Crippen molar-refractivity contribution in [1.29, 1.82) is 5.41 Å². The summed E-state index contributed by atoms with van der Waals surface area (Å²) in [4.78, 5) is 21.3. The molecule has 228 valence electrons. The predicted octanol–water partition coefficient (Wildman–Crippen LogP) is 3.70. The Bertz CT molecular complexity index is 1410. The van der Waals surface area contributed by atoms with Gasteiger partial charge in [-0.05, 0) is 60.4 Å². The van der Waals surface area contributed by atoms with Crippen molar-refractivity contribution in [3.8, 4) is 0 Å². The van der Waals surface area contributed by atoms with Gasteiger partial charge in [-0.2, -0.15) is 0 Å². The number of benzene rings is 1. The number of esters is 1. The lowest BCUT2D eigenvalue weighted by atomic mass is 9.68. The summed E-state index contributed by atoms with van der Waals surface area (Å²) in [7, 11) is 0. The summed E-state index contributed by atoms with van der Waals surface area (Å²) < 4.78 is 45.9. The molecule has 0 saturated carbocycles. The highest BCUT2D eigenvalue weighted by atomic mass is 32.2. The summed E-state index contributed by atoms with van der Waals surface area (Å²) in [6.07, 6.45) is 5.48. The molecule has 0 radical (unpaired) electrons. The molecular weight excluding hydrogens is 573 g/mol. The maximum atomic E-state index is 14.0. The number of aromatic nitrogens is 1. The van der Waals surface area contributed by atoms with Gasteiger partial charge in [0.1, 0.15) is 23.7 Å². The second kappa shape index (κ2) is 12.4. The Kier molecular flexibility index (Phi) is 8.56. The number of fused-ring (bicyclic) bond motifs is 1. The number of hydrogen-bond acceptors (Lipinski definition) is 10. The standard InChI is InChI=1S/C31H36FN5O5S/c1-30(19-41-20-30)21-42-29(38)31-15-22(16-33)27(35-25-4-2-24(32)3-5-25)14-23(31)8-9-37(18-31)43(39)26-6-7-28(34-17-26)36-10-12-40-13-11-36/h2-7,14,16-17,33,35H,8-13,15,18-21H2,1H3/t31-,43?/m0/s1. The predicted molar refractivity (Wildman–Crippen MR) is 161 cm³/mol. The summed E-state index contributed by atoms with van der Waals surface area (Å²) in [5, 5.41) is 11.5. The summed E-state index contributed by atoms with van der Waals surface area (Å²) >= 11 is -1.56. The van der Waals surface area contributed by atoms with Crippen LogP contribution in [0.25, 0.3) is 0 Å². The van der Waals surface area contributed by atoms with Crippen molar-refractivity contribution in [2.45, 2.75) is 24.7 Å². The SMILES string of the molecule is CC1(COC(=O)[C@]23CC(C=N)=C(Nc4ccc(F)cc4)C=C2CCN([S+]([O-])c2ccc(N4CCOCC4)nc2)C3)COC1. The van der Waals surface area contributed by atoms with Crippen LogP contribution in [0.4, 0.5) is 15.9 Å². The highest BCUT2D eigenvalue weighted by Crippen LogP contribution is 2.47.